The van der Waals surface area contributed by atoms with Gasteiger partial charge in [0.1, 0.15) is 28.5 Å². The normalized spacial score (nSPS) is 15.3. The van der Waals surface area contributed by atoms with Crippen molar-refractivity contribution in [3.8, 4) is 11.1 Å². The minimum absolute atomic E-state index is 0.178. The minimum Gasteiger partial charge on any atom is -0.372 e. The van der Waals surface area contributed by atoms with Gasteiger partial charge >= 0.3 is 0 Å². The van der Waals surface area contributed by atoms with E-state index < -0.39 is 26.6 Å². The Morgan fingerprint density at radius 1 is 1.08 bits per heavy atom. The Morgan fingerprint density at radius 2 is 1.84 bits per heavy atom. The SMILES string of the molecule is CNc1ncnc2c1c(-c1cccc(NS(=O)(=O)c3ccc(Br)cc3F)c1F)cn2C1CCN(C)CC1. The van der Waals surface area contributed by atoms with E-state index in [0.29, 0.717) is 26.9 Å². The summed E-state index contributed by atoms with van der Waals surface area (Å²) in [5, 5.41) is 3.70. The van der Waals surface area contributed by atoms with E-state index in [9.17, 15) is 12.8 Å². The molecule has 2 aromatic carbocycles. The average Bonchev–Trinajstić information content (AvgIpc) is 3.25. The number of halogens is 3. The molecular formula is C25H25BrF2N6O2S. The molecular weight excluding hydrogens is 566 g/mol. The van der Waals surface area contributed by atoms with Crippen LogP contribution in [0.3, 0.4) is 0 Å². The lowest BCUT2D eigenvalue weighted by Crippen LogP contribution is -2.31. The number of piperidine rings is 1. The maximum atomic E-state index is 15.9. The van der Waals surface area contributed by atoms with E-state index >= 15 is 4.39 Å². The van der Waals surface area contributed by atoms with Crippen LogP contribution in [0.5, 0.6) is 0 Å². The zero-order chi connectivity index (χ0) is 26.3. The van der Waals surface area contributed by atoms with Crippen LogP contribution in [-0.2, 0) is 10.0 Å². The van der Waals surface area contributed by atoms with Crippen LogP contribution in [0.4, 0.5) is 20.3 Å². The summed E-state index contributed by atoms with van der Waals surface area (Å²) in [5.41, 5.74) is 1.10. The molecule has 8 nitrogen and oxygen atoms in total. The maximum absolute atomic E-state index is 15.9. The summed E-state index contributed by atoms with van der Waals surface area (Å²) in [5.74, 6) is -1.19. The Labute approximate surface area is 221 Å². The summed E-state index contributed by atoms with van der Waals surface area (Å²) in [6, 6.07) is 8.18. The van der Waals surface area contributed by atoms with Crippen LogP contribution in [0.25, 0.3) is 22.2 Å². The minimum atomic E-state index is -4.39. The molecule has 0 spiro atoms. The molecule has 0 bridgehead atoms. The van der Waals surface area contributed by atoms with Gasteiger partial charge in [0.15, 0.2) is 5.82 Å². The maximum Gasteiger partial charge on any atom is 0.264 e. The molecule has 1 saturated heterocycles. The predicted molar refractivity (Wildman–Crippen MR) is 143 cm³/mol. The molecule has 12 heteroatoms. The fourth-order valence-electron chi connectivity index (χ4n) is 4.74. The van der Waals surface area contributed by atoms with Gasteiger partial charge < -0.3 is 14.8 Å². The van der Waals surface area contributed by atoms with E-state index in [1.807, 2.05) is 6.20 Å². The molecule has 5 rings (SSSR count). The summed E-state index contributed by atoms with van der Waals surface area (Å²) < 4.78 is 60.8. The second-order valence-electron chi connectivity index (χ2n) is 9.00. The first-order chi connectivity index (χ1) is 17.7. The molecule has 0 saturated carbocycles. The van der Waals surface area contributed by atoms with E-state index in [2.05, 4.69) is 52.5 Å². The van der Waals surface area contributed by atoms with Crippen LogP contribution in [0.15, 0.2) is 58.3 Å². The zero-order valence-corrected chi connectivity index (χ0v) is 22.6. The molecule has 0 radical (unpaired) electrons. The number of likely N-dealkylation sites (tertiary alicyclic amines) is 1. The molecule has 0 amide bonds. The van der Waals surface area contributed by atoms with Gasteiger partial charge in [-0.3, -0.25) is 4.72 Å². The van der Waals surface area contributed by atoms with Crippen molar-refractivity contribution in [1.29, 1.82) is 0 Å². The molecule has 2 aromatic heterocycles. The third-order valence-corrected chi connectivity index (χ3v) is 8.54. The van der Waals surface area contributed by atoms with E-state index in [4.69, 9.17) is 0 Å². The van der Waals surface area contributed by atoms with Crippen LogP contribution in [0.1, 0.15) is 18.9 Å². The number of aromatic nitrogens is 3. The number of nitrogens with one attached hydrogen (secondary N) is 2. The summed E-state index contributed by atoms with van der Waals surface area (Å²) in [6.07, 6.45) is 5.16. The van der Waals surface area contributed by atoms with Crippen LogP contribution in [-0.4, -0.2) is 55.0 Å². The number of hydrogen-bond acceptors (Lipinski definition) is 6. The van der Waals surface area contributed by atoms with Crippen LogP contribution in [0, 0.1) is 11.6 Å². The Hall–Kier alpha value is -3.09. The van der Waals surface area contributed by atoms with Crippen molar-refractivity contribution >= 4 is 48.5 Å². The van der Waals surface area contributed by atoms with Gasteiger partial charge in [0, 0.05) is 34.9 Å². The lowest BCUT2D eigenvalue weighted by atomic mass is 10.0. The van der Waals surface area contributed by atoms with Crippen LogP contribution in [0.2, 0.25) is 0 Å². The van der Waals surface area contributed by atoms with Gasteiger partial charge in [-0.2, -0.15) is 0 Å². The van der Waals surface area contributed by atoms with Gasteiger partial charge in [-0.05, 0) is 57.2 Å². The third kappa shape index (κ3) is 4.80. The number of sulfonamides is 1. The number of hydrogen-bond donors (Lipinski definition) is 2. The standard InChI is InChI=1S/C25H25BrF2N6O2S/c1-29-24-22-18(13-34(25(22)31-14-30-24)16-8-10-33(2)11-9-16)17-4-3-5-20(23(17)28)32-37(35,36)21-7-6-15(26)12-19(21)27/h3-7,12-14,16,32H,8-11H2,1-2H3,(H,29,30,31). The molecule has 1 aliphatic rings. The third-order valence-electron chi connectivity index (χ3n) is 6.64. The average molecular weight is 591 g/mol. The second-order valence-corrected chi connectivity index (χ2v) is 11.6. The van der Waals surface area contributed by atoms with Gasteiger partial charge in [-0.15, -0.1) is 0 Å². The quantitative estimate of drug-likeness (QED) is 0.319. The Kier molecular flexibility index (Phi) is 6.90. The van der Waals surface area contributed by atoms with Crippen molar-refractivity contribution in [3.05, 3.63) is 65.0 Å². The first-order valence-electron chi connectivity index (χ1n) is 11.7. The van der Waals surface area contributed by atoms with Crippen LogP contribution >= 0.6 is 15.9 Å². The van der Waals surface area contributed by atoms with Crippen molar-refractivity contribution in [3.63, 3.8) is 0 Å². The number of fused-ring (bicyclic) bond motifs is 1. The highest BCUT2D eigenvalue weighted by Crippen LogP contribution is 2.39. The molecule has 4 aromatic rings. The lowest BCUT2D eigenvalue weighted by Gasteiger charge is -2.30. The highest BCUT2D eigenvalue weighted by molar-refractivity contribution is 9.10. The van der Waals surface area contributed by atoms with E-state index in [-0.39, 0.29) is 17.3 Å². The molecule has 1 aliphatic heterocycles. The molecule has 1 fully saturated rings. The molecule has 0 aliphatic carbocycles. The molecule has 3 heterocycles. The van der Waals surface area contributed by atoms with E-state index in [1.165, 1.54) is 18.5 Å². The van der Waals surface area contributed by atoms with Crippen molar-refractivity contribution < 1.29 is 17.2 Å². The summed E-state index contributed by atoms with van der Waals surface area (Å²) >= 11 is 3.11. The van der Waals surface area contributed by atoms with Gasteiger partial charge in [0.05, 0.1) is 11.1 Å². The molecule has 0 unspecified atom stereocenters. The van der Waals surface area contributed by atoms with Crippen molar-refractivity contribution in [1.82, 2.24) is 19.4 Å². The number of anilines is 2. The Balaban J connectivity index is 1.61. The highest BCUT2D eigenvalue weighted by atomic mass is 79.9. The zero-order valence-electron chi connectivity index (χ0n) is 20.2. The van der Waals surface area contributed by atoms with Gasteiger partial charge in [0.2, 0.25) is 0 Å². The number of benzene rings is 2. The van der Waals surface area contributed by atoms with Crippen molar-refractivity contribution in [2.75, 3.05) is 37.2 Å². The Morgan fingerprint density at radius 3 is 2.54 bits per heavy atom. The number of rotatable bonds is 6. The molecule has 37 heavy (non-hydrogen) atoms. The number of nitrogens with zero attached hydrogens (tertiary/aromatic N) is 4. The topological polar surface area (TPSA) is 92.1 Å². The summed E-state index contributed by atoms with van der Waals surface area (Å²) in [6.45, 7) is 1.86. The molecule has 0 atom stereocenters. The fourth-order valence-corrected chi connectivity index (χ4v) is 6.19. The summed E-state index contributed by atoms with van der Waals surface area (Å²) in [7, 11) is -0.577. The van der Waals surface area contributed by atoms with Gasteiger partial charge in [-0.25, -0.2) is 27.2 Å². The Bertz CT molecular complexity index is 1590. The molecule has 2 N–H and O–H groups in total. The lowest BCUT2D eigenvalue weighted by molar-refractivity contribution is 0.224. The van der Waals surface area contributed by atoms with Crippen molar-refractivity contribution in [2.24, 2.45) is 0 Å². The second kappa shape index (κ2) is 9.99. The highest BCUT2D eigenvalue weighted by Gasteiger charge is 2.26. The van der Waals surface area contributed by atoms with E-state index in [1.54, 1.807) is 19.2 Å². The van der Waals surface area contributed by atoms with Gasteiger partial charge in [0.25, 0.3) is 10.0 Å². The van der Waals surface area contributed by atoms with Crippen LogP contribution < -0.4 is 10.0 Å². The summed E-state index contributed by atoms with van der Waals surface area (Å²) in [4.78, 5) is 10.5. The smallest absolute Gasteiger partial charge is 0.264 e. The first kappa shape index (κ1) is 25.6. The van der Waals surface area contributed by atoms with E-state index in [0.717, 1.165) is 38.1 Å². The van der Waals surface area contributed by atoms with Crippen molar-refractivity contribution in [2.45, 2.75) is 23.8 Å². The molecule has 194 valence electrons. The predicted octanol–water partition coefficient (Wildman–Crippen LogP) is 5.25. The largest absolute Gasteiger partial charge is 0.372 e. The monoisotopic (exact) mass is 590 g/mol. The fraction of sp³-hybridized carbons (Fsp3) is 0.280. The first-order valence-corrected chi connectivity index (χ1v) is 14.0. The van der Waals surface area contributed by atoms with Gasteiger partial charge in [-0.1, -0.05) is 28.1 Å².